The predicted octanol–water partition coefficient (Wildman–Crippen LogP) is 3.74. The van der Waals surface area contributed by atoms with Gasteiger partial charge in [0.25, 0.3) is 0 Å². The predicted molar refractivity (Wildman–Crippen MR) is 81.1 cm³/mol. The first-order chi connectivity index (χ1) is 9.72. The van der Waals surface area contributed by atoms with E-state index < -0.39 is 0 Å². The Labute approximate surface area is 127 Å². The number of furan rings is 1. The number of methoxy groups -OCH3 is 1. The van der Waals surface area contributed by atoms with Gasteiger partial charge in [0.2, 0.25) is 0 Å². The van der Waals surface area contributed by atoms with E-state index in [0.29, 0.717) is 6.61 Å². The summed E-state index contributed by atoms with van der Waals surface area (Å²) in [6.45, 7) is 4.12. The van der Waals surface area contributed by atoms with Crippen LogP contribution in [-0.2, 0) is 13.2 Å². The van der Waals surface area contributed by atoms with E-state index in [2.05, 4.69) is 28.2 Å². The molecular weight excluding hydrogens is 322 g/mol. The minimum Gasteiger partial charge on any atom is -0.497 e. The lowest BCUT2D eigenvalue weighted by atomic mass is 10.3. The van der Waals surface area contributed by atoms with Gasteiger partial charge in [-0.15, -0.1) is 0 Å². The summed E-state index contributed by atoms with van der Waals surface area (Å²) in [4.78, 5) is 0. The van der Waals surface area contributed by atoms with Crippen LogP contribution in [0.25, 0.3) is 0 Å². The van der Waals surface area contributed by atoms with Crippen LogP contribution in [-0.4, -0.2) is 13.7 Å². The SMILES string of the molecule is CCNCc1ccc(COc2ccc(OC)cc2Br)o1. The second kappa shape index (κ2) is 7.36. The first-order valence-electron chi connectivity index (χ1n) is 6.47. The molecule has 5 heteroatoms. The highest BCUT2D eigenvalue weighted by Gasteiger charge is 2.06. The van der Waals surface area contributed by atoms with E-state index in [1.54, 1.807) is 7.11 Å². The van der Waals surface area contributed by atoms with E-state index in [-0.39, 0.29) is 0 Å². The third-order valence-electron chi connectivity index (χ3n) is 2.78. The summed E-state index contributed by atoms with van der Waals surface area (Å²) in [5.74, 6) is 3.27. The summed E-state index contributed by atoms with van der Waals surface area (Å²) < 4.78 is 17.4. The Morgan fingerprint density at radius 2 is 2.00 bits per heavy atom. The number of nitrogens with one attached hydrogen (secondary N) is 1. The number of hydrogen-bond donors (Lipinski definition) is 1. The van der Waals surface area contributed by atoms with Gasteiger partial charge in [0, 0.05) is 0 Å². The fourth-order valence-electron chi connectivity index (χ4n) is 1.72. The van der Waals surface area contributed by atoms with Crippen molar-refractivity contribution in [2.75, 3.05) is 13.7 Å². The maximum Gasteiger partial charge on any atom is 0.146 e. The van der Waals surface area contributed by atoms with Crippen molar-refractivity contribution < 1.29 is 13.9 Å². The second-order valence-corrected chi connectivity index (χ2v) is 5.09. The lowest BCUT2D eigenvalue weighted by Crippen LogP contribution is -2.10. The molecule has 1 aromatic heterocycles. The van der Waals surface area contributed by atoms with Crippen LogP contribution in [0.15, 0.2) is 39.2 Å². The molecule has 0 amide bonds. The summed E-state index contributed by atoms with van der Waals surface area (Å²) in [5, 5.41) is 3.22. The van der Waals surface area contributed by atoms with Crippen molar-refractivity contribution in [3.63, 3.8) is 0 Å². The molecule has 0 saturated carbocycles. The standard InChI is InChI=1S/C15H18BrNO3/c1-3-17-9-12-4-5-13(20-12)10-19-15-7-6-11(18-2)8-14(15)16/h4-8,17H,3,9-10H2,1-2H3. The first kappa shape index (κ1) is 14.9. The maximum atomic E-state index is 5.72. The summed E-state index contributed by atoms with van der Waals surface area (Å²) in [6.07, 6.45) is 0. The molecule has 0 fully saturated rings. The molecule has 0 aliphatic heterocycles. The summed E-state index contributed by atoms with van der Waals surface area (Å²) in [5.41, 5.74) is 0. The van der Waals surface area contributed by atoms with Crippen LogP contribution < -0.4 is 14.8 Å². The lowest BCUT2D eigenvalue weighted by Gasteiger charge is -2.08. The van der Waals surface area contributed by atoms with Gasteiger partial charge in [-0.25, -0.2) is 0 Å². The highest BCUT2D eigenvalue weighted by Crippen LogP contribution is 2.29. The van der Waals surface area contributed by atoms with Crippen molar-refractivity contribution in [3.05, 3.63) is 46.3 Å². The number of hydrogen-bond acceptors (Lipinski definition) is 4. The molecule has 0 unspecified atom stereocenters. The smallest absolute Gasteiger partial charge is 0.146 e. The van der Waals surface area contributed by atoms with E-state index in [9.17, 15) is 0 Å². The van der Waals surface area contributed by atoms with Crippen LogP contribution >= 0.6 is 15.9 Å². The summed E-state index contributed by atoms with van der Waals surface area (Å²) in [7, 11) is 1.64. The van der Waals surface area contributed by atoms with Crippen LogP contribution in [0.4, 0.5) is 0 Å². The lowest BCUT2D eigenvalue weighted by molar-refractivity contribution is 0.263. The van der Waals surface area contributed by atoms with Gasteiger partial charge in [-0.05, 0) is 52.8 Å². The summed E-state index contributed by atoms with van der Waals surface area (Å²) >= 11 is 3.46. The molecule has 108 valence electrons. The molecule has 1 N–H and O–H groups in total. The summed E-state index contributed by atoms with van der Waals surface area (Å²) in [6, 6.07) is 9.49. The monoisotopic (exact) mass is 339 g/mol. The third kappa shape index (κ3) is 4.02. The zero-order valence-corrected chi connectivity index (χ0v) is 13.2. The molecule has 4 nitrogen and oxygen atoms in total. The average molecular weight is 340 g/mol. The topological polar surface area (TPSA) is 43.6 Å². The van der Waals surface area contributed by atoms with Crippen LogP contribution in [0.5, 0.6) is 11.5 Å². The Kier molecular flexibility index (Phi) is 5.49. The van der Waals surface area contributed by atoms with E-state index in [1.165, 1.54) is 0 Å². The molecule has 0 radical (unpaired) electrons. The molecule has 0 saturated heterocycles. The van der Waals surface area contributed by atoms with Crippen molar-refractivity contribution in [1.82, 2.24) is 5.32 Å². The molecule has 20 heavy (non-hydrogen) atoms. The fourth-order valence-corrected chi connectivity index (χ4v) is 2.19. The fraction of sp³-hybridized carbons (Fsp3) is 0.333. The molecule has 1 aromatic carbocycles. The van der Waals surface area contributed by atoms with E-state index in [1.807, 2.05) is 30.3 Å². The largest absolute Gasteiger partial charge is 0.497 e. The molecule has 2 rings (SSSR count). The number of ether oxygens (including phenoxy) is 2. The third-order valence-corrected chi connectivity index (χ3v) is 3.40. The Balaban J connectivity index is 1.93. The van der Waals surface area contributed by atoms with Crippen molar-refractivity contribution in [2.45, 2.75) is 20.1 Å². The Hall–Kier alpha value is -1.46. The number of benzene rings is 1. The molecule has 0 bridgehead atoms. The zero-order valence-electron chi connectivity index (χ0n) is 11.6. The molecule has 2 aromatic rings. The van der Waals surface area contributed by atoms with Gasteiger partial charge < -0.3 is 19.2 Å². The van der Waals surface area contributed by atoms with Crippen LogP contribution in [0, 0.1) is 0 Å². The Morgan fingerprint density at radius 3 is 2.70 bits per heavy atom. The molecular formula is C15H18BrNO3. The van der Waals surface area contributed by atoms with Gasteiger partial charge in [0.1, 0.15) is 29.6 Å². The van der Waals surface area contributed by atoms with E-state index >= 15 is 0 Å². The maximum absolute atomic E-state index is 5.72. The van der Waals surface area contributed by atoms with Crippen molar-refractivity contribution in [1.29, 1.82) is 0 Å². The molecule has 0 aliphatic rings. The zero-order chi connectivity index (χ0) is 14.4. The molecule has 0 aliphatic carbocycles. The van der Waals surface area contributed by atoms with Crippen molar-refractivity contribution >= 4 is 15.9 Å². The average Bonchev–Trinajstić information content (AvgIpc) is 2.91. The van der Waals surface area contributed by atoms with Crippen LogP contribution in [0.3, 0.4) is 0 Å². The Bertz CT molecular complexity index is 554. The van der Waals surface area contributed by atoms with Gasteiger partial charge in [0.15, 0.2) is 0 Å². The van der Waals surface area contributed by atoms with Gasteiger partial charge >= 0.3 is 0 Å². The van der Waals surface area contributed by atoms with Gasteiger partial charge in [0.05, 0.1) is 18.1 Å². The first-order valence-corrected chi connectivity index (χ1v) is 7.27. The van der Waals surface area contributed by atoms with Crippen LogP contribution in [0.2, 0.25) is 0 Å². The highest BCUT2D eigenvalue weighted by molar-refractivity contribution is 9.10. The van der Waals surface area contributed by atoms with E-state index in [0.717, 1.165) is 40.6 Å². The van der Waals surface area contributed by atoms with Crippen molar-refractivity contribution in [3.8, 4) is 11.5 Å². The van der Waals surface area contributed by atoms with Gasteiger partial charge in [-0.2, -0.15) is 0 Å². The second-order valence-electron chi connectivity index (χ2n) is 4.23. The highest BCUT2D eigenvalue weighted by atomic mass is 79.9. The van der Waals surface area contributed by atoms with Crippen LogP contribution in [0.1, 0.15) is 18.4 Å². The molecule has 0 atom stereocenters. The minimum atomic E-state index is 0.400. The number of halogens is 1. The van der Waals surface area contributed by atoms with Crippen molar-refractivity contribution in [2.24, 2.45) is 0 Å². The number of rotatable bonds is 7. The molecule has 0 spiro atoms. The van der Waals surface area contributed by atoms with Gasteiger partial charge in [-0.3, -0.25) is 0 Å². The quantitative estimate of drug-likeness (QED) is 0.834. The minimum absolute atomic E-state index is 0.400. The van der Waals surface area contributed by atoms with E-state index in [4.69, 9.17) is 13.9 Å². The van der Waals surface area contributed by atoms with Gasteiger partial charge in [-0.1, -0.05) is 6.92 Å². The molecule has 1 heterocycles. The normalized spacial score (nSPS) is 10.6. The Morgan fingerprint density at radius 1 is 1.20 bits per heavy atom.